The molecule has 6 N–H and O–H groups in total. The predicted octanol–water partition coefficient (Wildman–Crippen LogP) is 2.98. The molecule has 0 saturated heterocycles. The van der Waals surface area contributed by atoms with E-state index in [1.54, 1.807) is 37.3 Å². The molecule has 1 aliphatic carbocycles. The van der Waals surface area contributed by atoms with Gasteiger partial charge in [-0.1, -0.05) is 35.9 Å². The van der Waals surface area contributed by atoms with Crippen molar-refractivity contribution in [3.05, 3.63) is 105 Å². The summed E-state index contributed by atoms with van der Waals surface area (Å²) in [5.74, 6) is -1.04. The van der Waals surface area contributed by atoms with Gasteiger partial charge in [0.2, 0.25) is 0 Å². The smallest absolute Gasteiger partial charge is 0.425 e. The maximum atomic E-state index is 12.1. The van der Waals surface area contributed by atoms with Gasteiger partial charge in [0.05, 0.1) is 9.79 Å². The van der Waals surface area contributed by atoms with E-state index in [9.17, 15) is 46.4 Å². The lowest BCUT2D eigenvalue weighted by Gasteiger charge is -2.18. The quantitative estimate of drug-likeness (QED) is 0.147. The van der Waals surface area contributed by atoms with Crippen molar-refractivity contribution in [3.8, 4) is 23.0 Å². The van der Waals surface area contributed by atoms with Gasteiger partial charge in [0.1, 0.15) is 23.0 Å². The molecular weight excluding hydrogens is 653 g/mol. The first-order valence-corrected chi connectivity index (χ1v) is 16.8. The summed E-state index contributed by atoms with van der Waals surface area (Å²) < 4.78 is 93.5. The van der Waals surface area contributed by atoms with Crippen molar-refractivity contribution in [2.75, 3.05) is 0 Å². The van der Waals surface area contributed by atoms with Crippen molar-refractivity contribution >= 4 is 30.8 Å². The highest BCUT2D eigenvalue weighted by molar-refractivity contribution is 7.86. The lowest BCUT2D eigenvalue weighted by molar-refractivity contribution is 0.449. The summed E-state index contributed by atoms with van der Waals surface area (Å²) in [5.41, 5.74) is 2.22. The fourth-order valence-electron chi connectivity index (χ4n) is 5.25. The number of hydrogen-bond donors (Lipinski definition) is 6. The van der Waals surface area contributed by atoms with Gasteiger partial charge in [0.15, 0.2) is 0 Å². The summed E-state index contributed by atoms with van der Waals surface area (Å²) in [4.78, 5) is -1.11. The molecule has 0 fully saturated rings. The van der Waals surface area contributed by atoms with Crippen molar-refractivity contribution in [1.29, 1.82) is 0 Å². The van der Waals surface area contributed by atoms with E-state index in [0.29, 0.717) is 22.3 Å². The van der Waals surface area contributed by atoms with E-state index in [4.69, 9.17) is 12.6 Å². The van der Waals surface area contributed by atoms with Crippen molar-refractivity contribution < 1.29 is 59.0 Å². The van der Waals surface area contributed by atoms with Gasteiger partial charge in [-0.05, 0) is 53.4 Å². The molecule has 0 aliphatic heterocycles. The largest absolute Gasteiger partial charge is 0.507 e. The molecule has 8 bridgehead atoms. The van der Waals surface area contributed by atoms with E-state index in [0.717, 1.165) is 29.8 Å². The van der Waals surface area contributed by atoms with Crippen LogP contribution in [0.1, 0.15) is 50.1 Å². The Morgan fingerprint density at radius 1 is 0.511 bits per heavy atom. The molecule has 0 saturated carbocycles. The SMILES string of the molecule is Cc1cc2c(O)c(c1)Cc1cc(S(=O)(=O)O)cc(c1O)Cc1cc(S(=O)(=O)O)cc(c1O)Cc1cccc(c1O)C2.O=S(=O)=O. The highest BCUT2D eigenvalue weighted by atomic mass is 32.2. The number of rotatable bonds is 2. The molecule has 13 nitrogen and oxygen atoms in total. The summed E-state index contributed by atoms with van der Waals surface area (Å²) in [5, 5.41) is 44.6. The minimum Gasteiger partial charge on any atom is -0.507 e. The number of para-hydroxylation sites is 1. The second-order valence-corrected chi connectivity index (χ2v) is 13.6. The van der Waals surface area contributed by atoms with Gasteiger partial charge in [-0.3, -0.25) is 9.11 Å². The van der Waals surface area contributed by atoms with Gasteiger partial charge in [-0.25, -0.2) is 0 Å². The third-order valence-electron chi connectivity index (χ3n) is 7.22. The molecule has 0 atom stereocenters. The summed E-state index contributed by atoms with van der Waals surface area (Å²) in [6, 6.07) is 12.4. The van der Waals surface area contributed by atoms with Crippen LogP contribution in [0.3, 0.4) is 0 Å². The molecule has 16 heteroatoms. The number of aromatic hydroxyl groups is 4. The maximum Gasteiger partial charge on any atom is 0.425 e. The number of benzene rings is 4. The average molecular weight is 679 g/mol. The molecular formula is C29H26O13S3. The van der Waals surface area contributed by atoms with Crippen LogP contribution in [0, 0.1) is 6.92 Å². The maximum absolute atomic E-state index is 12.1. The topological polar surface area (TPSA) is 241 Å². The first kappa shape index (κ1) is 33.4. The minimum atomic E-state index is -4.77. The first-order valence-electron chi connectivity index (χ1n) is 12.9. The summed E-state index contributed by atoms with van der Waals surface area (Å²) >= 11 is 0. The van der Waals surface area contributed by atoms with E-state index in [-0.39, 0.29) is 53.0 Å². The van der Waals surface area contributed by atoms with Gasteiger partial charge in [0, 0.05) is 47.9 Å². The summed E-state index contributed by atoms with van der Waals surface area (Å²) in [7, 11) is -12.6. The Morgan fingerprint density at radius 3 is 1.04 bits per heavy atom. The number of hydrogen-bond acceptors (Lipinski definition) is 11. The Labute approximate surface area is 259 Å². The molecule has 4 aromatic rings. The molecule has 0 spiro atoms. The number of aryl methyl sites for hydroxylation is 1. The van der Waals surface area contributed by atoms with Crippen molar-refractivity contribution in [2.24, 2.45) is 0 Å². The third-order valence-corrected chi connectivity index (χ3v) is 8.88. The van der Waals surface area contributed by atoms with Gasteiger partial charge >= 0.3 is 10.6 Å². The molecule has 238 valence electrons. The zero-order chi connectivity index (χ0) is 33.4. The summed E-state index contributed by atoms with van der Waals surface area (Å²) in [6.45, 7) is 1.79. The highest BCUT2D eigenvalue weighted by Gasteiger charge is 2.24. The molecule has 0 amide bonds. The number of phenolic OH excluding ortho intramolecular Hbond substituents is 4. The monoisotopic (exact) mass is 678 g/mol. The molecule has 0 heterocycles. The van der Waals surface area contributed by atoms with E-state index in [2.05, 4.69) is 0 Å². The Hall–Kier alpha value is -4.48. The minimum absolute atomic E-state index is 0.0287. The first-order chi connectivity index (χ1) is 20.8. The van der Waals surface area contributed by atoms with Crippen LogP contribution in [0.4, 0.5) is 0 Å². The van der Waals surface area contributed by atoms with Gasteiger partial charge < -0.3 is 20.4 Å². The standard InChI is InChI=1S/C29H26O10S2.O3S/c1-15-5-18-7-16-3-2-4-17(26(16)30)8-20-11-24(40(34,35)36)13-22(28(20)32)10-23-14-25(41(37,38)39)12-21(29(23)33)9-19(6-15)27(18)31;1-4(2)3/h2-6,11-14,30-33H,7-10H2,1H3,(H,34,35,36)(H,37,38,39);. The van der Waals surface area contributed by atoms with Gasteiger partial charge in [0.25, 0.3) is 20.2 Å². The van der Waals surface area contributed by atoms with E-state index in [1.165, 1.54) is 0 Å². The zero-order valence-electron chi connectivity index (χ0n) is 23.3. The lowest BCUT2D eigenvalue weighted by Crippen LogP contribution is -2.06. The molecule has 1 aliphatic rings. The Balaban J connectivity index is 0.00000109. The van der Waals surface area contributed by atoms with Crippen molar-refractivity contribution in [1.82, 2.24) is 0 Å². The number of fused-ring (bicyclic) bond motifs is 8. The molecule has 4 aromatic carbocycles. The second-order valence-electron chi connectivity index (χ2n) is 10.4. The summed E-state index contributed by atoms with van der Waals surface area (Å²) in [6.07, 6.45) is -0.627. The zero-order valence-corrected chi connectivity index (χ0v) is 25.7. The van der Waals surface area contributed by atoms with Crippen LogP contribution >= 0.6 is 0 Å². The fraction of sp³-hybridized carbons (Fsp3) is 0.172. The molecule has 0 radical (unpaired) electrons. The number of phenols is 4. The molecule has 45 heavy (non-hydrogen) atoms. The van der Waals surface area contributed by atoms with Crippen molar-refractivity contribution in [2.45, 2.75) is 42.4 Å². The Kier molecular flexibility index (Phi) is 9.27. The van der Waals surface area contributed by atoms with E-state index in [1.807, 2.05) is 0 Å². The van der Waals surface area contributed by atoms with Crippen LogP contribution in [-0.4, -0.2) is 59.0 Å². The second kappa shape index (κ2) is 12.5. The van der Waals surface area contributed by atoms with Crippen LogP contribution in [-0.2, 0) is 56.5 Å². The molecule has 0 aromatic heterocycles. The third kappa shape index (κ3) is 7.61. The van der Waals surface area contributed by atoms with Crippen molar-refractivity contribution in [3.63, 3.8) is 0 Å². The normalized spacial score (nSPS) is 13.0. The molecule has 5 rings (SSSR count). The highest BCUT2D eigenvalue weighted by Crippen LogP contribution is 2.39. The van der Waals surface area contributed by atoms with E-state index < -0.39 is 58.6 Å². The average Bonchev–Trinajstić information content (AvgIpc) is 2.91. The van der Waals surface area contributed by atoms with E-state index >= 15 is 0 Å². The van der Waals surface area contributed by atoms with Crippen LogP contribution in [0.15, 0.2) is 64.4 Å². The van der Waals surface area contributed by atoms with Gasteiger partial charge in [-0.15, -0.1) is 12.6 Å². The van der Waals surface area contributed by atoms with Gasteiger partial charge in [-0.2, -0.15) is 16.8 Å². The Morgan fingerprint density at radius 2 is 0.756 bits per heavy atom. The van der Waals surface area contributed by atoms with Crippen LogP contribution < -0.4 is 0 Å². The lowest BCUT2D eigenvalue weighted by atomic mass is 9.91. The molecule has 0 unspecified atom stereocenters. The van der Waals surface area contributed by atoms with Crippen LogP contribution in [0.5, 0.6) is 23.0 Å². The van der Waals surface area contributed by atoms with Crippen LogP contribution in [0.2, 0.25) is 0 Å². The predicted molar refractivity (Wildman–Crippen MR) is 158 cm³/mol. The fourth-order valence-corrected chi connectivity index (χ4v) is 6.41. The Bertz CT molecular complexity index is 2170. The van der Waals surface area contributed by atoms with Crippen LogP contribution in [0.25, 0.3) is 0 Å².